The largest absolute Gasteiger partial charge is 0.497 e. The van der Waals surface area contributed by atoms with Gasteiger partial charge in [0.05, 0.1) is 32.0 Å². The van der Waals surface area contributed by atoms with Gasteiger partial charge in [-0.1, -0.05) is 27.7 Å². The third kappa shape index (κ3) is 6.47. The minimum Gasteiger partial charge on any atom is -0.497 e. The first kappa shape index (κ1) is 27.5. The van der Waals surface area contributed by atoms with Gasteiger partial charge < -0.3 is 20.1 Å². The van der Waals surface area contributed by atoms with Crippen LogP contribution >= 0.6 is 11.3 Å². The molecule has 1 fully saturated rings. The number of thiophene rings is 1. The molecule has 2 atom stereocenters. The third-order valence-electron chi connectivity index (χ3n) is 7.73. The number of hydrogen-bond acceptors (Lipinski definition) is 6. The summed E-state index contributed by atoms with van der Waals surface area (Å²) < 4.78 is 10.8. The van der Waals surface area contributed by atoms with Gasteiger partial charge in [0, 0.05) is 17.5 Å². The number of carbonyl (C=O) groups excluding carboxylic acids is 2. The molecule has 37 heavy (non-hydrogen) atoms. The van der Waals surface area contributed by atoms with E-state index in [2.05, 4.69) is 43.2 Å². The molecule has 1 saturated heterocycles. The molecule has 0 spiro atoms. The summed E-state index contributed by atoms with van der Waals surface area (Å²) in [7, 11) is 3.16. The molecule has 0 unspecified atom stereocenters. The lowest BCUT2D eigenvalue weighted by Gasteiger charge is -2.33. The Kier molecular flexibility index (Phi) is 8.49. The lowest BCUT2D eigenvalue weighted by Crippen LogP contribution is -2.39. The fourth-order valence-corrected chi connectivity index (χ4v) is 6.89. The van der Waals surface area contributed by atoms with Crippen molar-refractivity contribution in [2.75, 3.05) is 44.5 Å². The van der Waals surface area contributed by atoms with E-state index in [1.54, 1.807) is 43.8 Å². The average molecular weight is 528 g/mol. The standard InChI is InChI=1S/C29H41N3O4S/c1-18-8-7-13-32(16-18)17-25(33)31-28-26(21-11-9-19(29(2,3)4)14-24(21)37-28)27(34)30-22-15-20(35-5)10-12-23(22)36-6/h10,12,15,18-19H,7-9,11,13-14,16-17H2,1-6H3,(H,30,34)(H,31,33)/t18-,19-/m1/s1. The van der Waals surface area contributed by atoms with Crippen molar-refractivity contribution in [3.05, 3.63) is 34.2 Å². The second kappa shape index (κ2) is 11.4. The molecule has 0 bridgehead atoms. The van der Waals surface area contributed by atoms with Crippen molar-refractivity contribution in [1.29, 1.82) is 0 Å². The molecule has 1 aliphatic carbocycles. The van der Waals surface area contributed by atoms with Crippen LogP contribution in [0, 0.1) is 17.3 Å². The Morgan fingerprint density at radius 1 is 1.14 bits per heavy atom. The molecule has 2 aliphatic rings. The van der Waals surface area contributed by atoms with Gasteiger partial charge in [-0.2, -0.15) is 0 Å². The highest BCUT2D eigenvalue weighted by atomic mass is 32.1. The van der Waals surface area contributed by atoms with E-state index in [0.29, 0.717) is 46.1 Å². The van der Waals surface area contributed by atoms with Gasteiger partial charge in [0.15, 0.2) is 0 Å². The minimum atomic E-state index is -0.236. The van der Waals surface area contributed by atoms with Crippen LogP contribution in [0.25, 0.3) is 0 Å². The molecule has 8 heteroatoms. The molecular formula is C29H41N3O4S. The summed E-state index contributed by atoms with van der Waals surface area (Å²) in [6.07, 6.45) is 5.10. The number of rotatable bonds is 7. The second-order valence-corrected chi connectivity index (χ2v) is 12.7. The van der Waals surface area contributed by atoms with Crippen molar-refractivity contribution in [2.45, 2.75) is 59.8 Å². The van der Waals surface area contributed by atoms with E-state index < -0.39 is 0 Å². The number of nitrogens with zero attached hydrogens (tertiary/aromatic N) is 1. The zero-order valence-electron chi connectivity index (χ0n) is 23.0. The number of nitrogens with one attached hydrogen (secondary N) is 2. The molecule has 2 heterocycles. The van der Waals surface area contributed by atoms with Crippen molar-refractivity contribution in [2.24, 2.45) is 17.3 Å². The van der Waals surface area contributed by atoms with Gasteiger partial charge >= 0.3 is 0 Å². The van der Waals surface area contributed by atoms with Crippen molar-refractivity contribution < 1.29 is 19.1 Å². The summed E-state index contributed by atoms with van der Waals surface area (Å²) >= 11 is 1.56. The topological polar surface area (TPSA) is 79.9 Å². The second-order valence-electron chi connectivity index (χ2n) is 11.6. The number of fused-ring (bicyclic) bond motifs is 1. The Labute approximate surface area is 224 Å². The summed E-state index contributed by atoms with van der Waals surface area (Å²) in [6, 6.07) is 5.31. The number of carbonyl (C=O) groups is 2. The van der Waals surface area contributed by atoms with E-state index in [1.165, 1.54) is 11.3 Å². The maximum Gasteiger partial charge on any atom is 0.259 e. The van der Waals surface area contributed by atoms with Crippen LogP contribution in [0.1, 0.15) is 67.8 Å². The first-order chi connectivity index (χ1) is 17.6. The van der Waals surface area contributed by atoms with Crippen LogP contribution in [-0.4, -0.2) is 50.6 Å². The van der Waals surface area contributed by atoms with Gasteiger partial charge in [-0.15, -0.1) is 11.3 Å². The lowest BCUT2D eigenvalue weighted by atomic mass is 9.72. The van der Waals surface area contributed by atoms with Crippen LogP contribution in [0.2, 0.25) is 0 Å². The molecule has 1 aliphatic heterocycles. The predicted molar refractivity (Wildman–Crippen MR) is 150 cm³/mol. The highest BCUT2D eigenvalue weighted by molar-refractivity contribution is 7.17. The molecule has 7 nitrogen and oxygen atoms in total. The quantitative estimate of drug-likeness (QED) is 0.473. The minimum absolute atomic E-state index is 0.0620. The number of benzene rings is 1. The van der Waals surface area contributed by atoms with Crippen molar-refractivity contribution in [3.8, 4) is 11.5 Å². The molecule has 0 radical (unpaired) electrons. The van der Waals surface area contributed by atoms with E-state index in [4.69, 9.17) is 9.47 Å². The lowest BCUT2D eigenvalue weighted by molar-refractivity contribution is -0.117. The number of methoxy groups -OCH3 is 2. The number of hydrogen-bond donors (Lipinski definition) is 2. The van der Waals surface area contributed by atoms with E-state index in [-0.39, 0.29) is 17.2 Å². The Balaban J connectivity index is 1.62. The van der Waals surface area contributed by atoms with Crippen molar-refractivity contribution in [3.63, 3.8) is 0 Å². The van der Waals surface area contributed by atoms with Gasteiger partial charge in [-0.3, -0.25) is 14.5 Å². The molecule has 2 amide bonds. The Morgan fingerprint density at radius 3 is 2.59 bits per heavy atom. The van der Waals surface area contributed by atoms with Crippen LogP contribution in [-0.2, 0) is 17.6 Å². The van der Waals surface area contributed by atoms with E-state index in [9.17, 15) is 9.59 Å². The van der Waals surface area contributed by atoms with Crippen LogP contribution < -0.4 is 20.1 Å². The molecular weight excluding hydrogens is 486 g/mol. The molecule has 1 aromatic heterocycles. The third-order valence-corrected chi connectivity index (χ3v) is 8.90. The molecule has 202 valence electrons. The SMILES string of the molecule is COc1ccc(OC)c(NC(=O)c2c(NC(=O)CN3CCC[C@@H](C)C3)sc3c2CC[C@@H](C(C)(C)C)C3)c1. The summed E-state index contributed by atoms with van der Waals surface area (Å²) in [6.45, 7) is 11.3. The molecule has 1 aromatic carbocycles. The fourth-order valence-electron chi connectivity index (χ4n) is 5.55. The molecule has 4 rings (SSSR count). The van der Waals surface area contributed by atoms with Crippen LogP contribution in [0.5, 0.6) is 11.5 Å². The van der Waals surface area contributed by atoms with Crippen LogP contribution in [0.3, 0.4) is 0 Å². The fraction of sp³-hybridized carbons (Fsp3) is 0.586. The zero-order valence-corrected chi connectivity index (χ0v) is 23.8. The average Bonchev–Trinajstić information content (AvgIpc) is 3.20. The first-order valence-corrected chi connectivity index (χ1v) is 14.1. The van der Waals surface area contributed by atoms with Crippen molar-refractivity contribution >= 4 is 33.8 Å². The van der Waals surface area contributed by atoms with Crippen LogP contribution in [0.4, 0.5) is 10.7 Å². The smallest absolute Gasteiger partial charge is 0.259 e. The number of amides is 2. The van der Waals surface area contributed by atoms with Gasteiger partial charge in [0.25, 0.3) is 5.91 Å². The highest BCUT2D eigenvalue weighted by Crippen LogP contribution is 2.44. The van der Waals surface area contributed by atoms with E-state index >= 15 is 0 Å². The number of piperidine rings is 1. The first-order valence-electron chi connectivity index (χ1n) is 13.3. The monoisotopic (exact) mass is 527 g/mol. The number of ether oxygens (including phenoxy) is 2. The molecule has 2 N–H and O–H groups in total. The van der Waals surface area contributed by atoms with Gasteiger partial charge in [-0.05, 0) is 73.6 Å². The van der Waals surface area contributed by atoms with Gasteiger partial charge in [0.2, 0.25) is 5.91 Å². The summed E-state index contributed by atoms with van der Waals surface area (Å²) in [5, 5.41) is 6.80. The van der Waals surface area contributed by atoms with E-state index in [1.807, 2.05) is 0 Å². The normalized spacial score (nSPS) is 20.2. The zero-order chi connectivity index (χ0) is 26.7. The summed E-state index contributed by atoms with van der Waals surface area (Å²) in [5.74, 6) is 2.01. The highest BCUT2D eigenvalue weighted by Gasteiger charge is 2.34. The Morgan fingerprint density at radius 2 is 1.92 bits per heavy atom. The maximum atomic E-state index is 13.8. The Bertz CT molecular complexity index is 1140. The number of likely N-dealkylation sites (tertiary alicyclic amines) is 1. The summed E-state index contributed by atoms with van der Waals surface area (Å²) in [4.78, 5) is 30.3. The van der Waals surface area contributed by atoms with Crippen molar-refractivity contribution in [1.82, 2.24) is 4.90 Å². The van der Waals surface area contributed by atoms with Gasteiger partial charge in [0.1, 0.15) is 16.5 Å². The van der Waals surface area contributed by atoms with Crippen LogP contribution in [0.15, 0.2) is 18.2 Å². The number of anilines is 2. The van der Waals surface area contributed by atoms with E-state index in [0.717, 1.165) is 44.3 Å². The molecule has 2 aromatic rings. The Hall–Kier alpha value is -2.58. The predicted octanol–water partition coefficient (Wildman–Crippen LogP) is 5.84. The summed E-state index contributed by atoms with van der Waals surface area (Å²) in [5.41, 5.74) is 2.37. The van der Waals surface area contributed by atoms with Gasteiger partial charge in [-0.25, -0.2) is 0 Å². The maximum absolute atomic E-state index is 13.8. The molecule has 0 saturated carbocycles.